The molecule has 0 aliphatic rings. The highest BCUT2D eigenvalue weighted by Crippen LogP contribution is 2.24. The van der Waals surface area contributed by atoms with Gasteiger partial charge in [0.15, 0.2) is 5.69 Å². The molecule has 0 saturated heterocycles. The molecule has 0 spiro atoms. The molecule has 2 aromatic rings. The van der Waals surface area contributed by atoms with Gasteiger partial charge in [-0.1, -0.05) is 51.1 Å². The van der Waals surface area contributed by atoms with Crippen LogP contribution in [0.15, 0.2) is 36.5 Å². The molecule has 4 heteroatoms. The maximum absolute atomic E-state index is 12.5. The van der Waals surface area contributed by atoms with E-state index in [-0.39, 0.29) is 17.4 Å². The summed E-state index contributed by atoms with van der Waals surface area (Å²) in [4.78, 5) is 12.5. The topological polar surface area (TPSA) is 46.9 Å². The van der Waals surface area contributed by atoms with Gasteiger partial charge < -0.3 is 5.32 Å². The van der Waals surface area contributed by atoms with E-state index < -0.39 is 0 Å². The number of nitrogens with zero attached hydrogens (tertiary/aromatic N) is 2. The summed E-state index contributed by atoms with van der Waals surface area (Å²) in [7, 11) is 1.83. The summed E-state index contributed by atoms with van der Waals surface area (Å²) in [6.07, 6.45) is 1.88. The zero-order valence-corrected chi connectivity index (χ0v) is 13.3. The lowest BCUT2D eigenvalue weighted by Crippen LogP contribution is -2.41. The van der Waals surface area contributed by atoms with Crippen molar-refractivity contribution in [3.63, 3.8) is 0 Å². The van der Waals surface area contributed by atoms with Gasteiger partial charge in [0.25, 0.3) is 5.91 Å². The minimum atomic E-state index is -0.128. The molecule has 0 bridgehead atoms. The van der Waals surface area contributed by atoms with Crippen LogP contribution in [-0.4, -0.2) is 21.7 Å². The SMILES string of the molecule is CC(NC(=O)c1nn(C)cc1-c1ccccc1)C(C)(C)C. The highest BCUT2D eigenvalue weighted by molar-refractivity contribution is 5.99. The Morgan fingerprint density at radius 1 is 1.24 bits per heavy atom. The molecule has 1 N–H and O–H groups in total. The van der Waals surface area contributed by atoms with E-state index in [4.69, 9.17) is 0 Å². The molecule has 1 atom stereocenters. The van der Waals surface area contributed by atoms with Crippen LogP contribution in [0.3, 0.4) is 0 Å². The first-order chi connectivity index (χ1) is 9.79. The molecule has 1 aromatic heterocycles. The Bertz CT molecular complexity index is 623. The van der Waals surface area contributed by atoms with Crippen LogP contribution in [0, 0.1) is 5.41 Å². The van der Waals surface area contributed by atoms with Gasteiger partial charge in [-0.15, -0.1) is 0 Å². The molecular weight excluding hydrogens is 262 g/mol. The predicted octanol–water partition coefficient (Wildman–Crippen LogP) is 3.25. The number of hydrogen-bond donors (Lipinski definition) is 1. The number of carbonyl (C=O) groups excluding carboxylic acids is 1. The quantitative estimate of drug-likeness (QED) is 0.941. The van der Waals surface area contributed by atoms with Crippen molar-refractivity contribution >= 4 is 5.91 Å². The fraction of sp³-hybridized carbons (Fsp3) is 0.412. The molecule has 21 heavy (non-hydrogen) atoms. The molecule has 0 fully saturated rings. The molecule has 0 aliphatic heterocycles. The van der Waals surface area contributed by atoms with Crippen molar-refractivity contribution in [3.05, 3.63) is 42.2 Å². The van der Waals surface area contributed by atoms with E-state index in [1.165, 1.54) is 0 Å². The molecule has 4 nitrogen and oxygen atoms in total. The summed E-state index contributed by atoms with van der Waals surface area (Å²) >= 11 is 0. The van der Waals surface area contributed by atoms with Gasteiger partial charge in [0, 0.05) is 24.8 Å². The van der Waals surface area contributed by atoms with E-state index in [1.807, 2.05) is 50.5 Å². The zero-order chi connectivity index (χ0) is 15.6. The molecule has 1 heterocycles. The van der Waals surface area contributed by atoms with Gasteiger partial charge in [0.2, 0.25) is 0 Å². The third-order valence-electron chi connectivity index (χ3n) is 3.78. The van der Waals surface area contributed by atoms with E-state index in [1.54, 1.807) is 4.68 Å². The van der Waals surface area contributed by atoms with E-state index in [9.17, 15) is 4.79 Å². The molecule has 1 aromatic carbocycles. The number of hydrogen-bond acceptors (Lipinski definition) is 2. The number of benzene rings is 1. The van der Waals surface area contributed by atoms with Crippen LogP contribution < -0.4 is 5.32 Å². The number of carbonyl (C=O) groups is 1. The molecule has 0 saturated carbocycles. The average Bonchev–Trinajstić information content (AvgIpc) is 2.81. The zero-order valence-electron chi connectivity index (χ0n) is 13.3. The number of rotatable bonds is 3. The van der Waals surface area contributed by atoms with Crippen molar-refractivity contribution in [3.8, 4) is 11.1 Å². The highest BCUT2D eigenvalue weighted by Gasteiger charge is 2.25. The number of aromatic nitrogens is 2. The number of aryl methyl sites for hydroxylation is 1. The first kappa shape index (κ1) is 15.3. The Morgan fingerprint density at radius 3 is 2.43 bits per heavy atom. The van der Waals surface area contributed by atoms with Crippen molar-refractivity contribution in [2.75, 3.05) is 0 Å². The van der Waals surface area contributed by atoms with Crippen molar-refractivity contribution in [1.82, 2.24) is 15.1 Å². The van der Waals surface area contributed by atoms with Crippen LogP contribution >= 0.6 is 0 Å². The lowest BCUT2D eigenvalue weighted by atomic mass is 9.88. The summed E-state index contributed by atoms with van der Waals surface area (Å²) in [5.74, 6) is -0.128. The molecule has 1 amide bonds. The summed E-state index contributed by atoms with van der Waals surface area (Å²) in [5, 5.41) is 7.37. The standard InChI is InChI=1S/C17H23N3O/c1-12(17(2,3)4)18-16(21)15-14(11-20(5)19-15)13-9-7-6-8-10-13/h6-12H,1-5H3,(H,18,21). The average molecular weight is 285 g/mol. The summed E-state index contributed by atoms with van der Waals surface area (Å²) < 4.78 is 1.68. The van der Waals surface area contributed by atoms with Crippen molar-refractivity contribution in [2.24, 2.45) is 12.5 Å². The number of nitrogens with one attached hydrogen (secondary N) is 1. The Labute approximate surface area is 126 Å². The largest absolute Gasteiger partial charge is 0.348 e. The van der Waals surface area contributed by atoms with Gasteiger partial charge in [0.05, 0.1) is 0 Å². The first-order valence-electron chi connectivity index (χ1n) is 7.19. The van der Waals surface area contributed by atoms with Gasteiger partial charge in [-0.25, -0.2) is 0 Å². The summed E-state index contributed by atoms with van der Waals surface area (Å²) in [6.45, 7) is 8.33. The molecular formula is C17H23N3O. The van der Waals surface area contributed by atoms with Crippen LogP contribution in [0.5, 0.6) is 0 Å². The van der Waals surface area contributed by atoms with Gasteiger partial charge in [-0.3, -0.25) is 9.48 Å². The molecule has 0 radical (unpaired) electrons. The second kappa shape index (κ2) is 5.72. The monoisotopic (exact) mass is 285 g/mol. The van der Waals surface area contributed by atoms with Crippen LogP contribution in [-0.2, 0) is 7.05 Å². The van der Waals surface area contributed by atoms with Crippen molar-refractivity contribution < 1.29 is 4.79 Å². The summed E-state index contributed by atoms with van der Waals surface area (Å²) in [6, 6.07) is 9.92. The van der Waals surface area contributed by atoms with E-state index >= 15 is 0 Å². The van der Waals surface area contributed by atoms with Gasteiger partial charge in [-0.2, -0.15) is 5.10 Å². The van der Waals surface area contributed by atoms with Gasteiger partial charge in [0.1, 0.15) is 0 Å². The first-order valence-corrected chi connectivity index (χ1v) is 7.19. The third-order valence-corrected chi connectivity index (χ3v) is 3.78. The minimum absolute atomic E-state index is 0.0113. The fourth-order valence-electron chi connectivity index (χ4n) is 1.97. The van der Waals surface area contributed by atoms with Gasteiger partial charge in [-0.05, 0) is 17.9 Å². The Kier molecular flexibility index (Phi) is 4.16. The Morgan fingerprint density at radius 2 is 1.86 bits per heavy atom. The molecule has 112 valence electrons. The Hall–Kier alpha value is -2.10. The van der Waals surface area contributed by atoms with Gasteiger partial charge >= 0.3 is 0 Å². The van der Waals surface area contributed by atoms with Crippen molar-refractivity contribution in [2.45, 2.75) is 33.7 Å². The second-order valence-corrected chi connectivity index (χ2v) is 6.49. The maximum atomic E-state index is 12.5. The molecule has 0 aliphatic carbocycles. The van der Waals surface area contributed by atoms with E-state index in [0.717, 1.165) is 11.1 Å². The molecule has 1 unspecified atom stereocenters. The fourth-order valence-corrected chi connectivity index (χ4v) is 1.97. The second-order valence-electron chi connectivity index (χ2n) is 6.49. The minimum Gasteiger partial charge on any atom is -0.348 e. The molecule has 2 rings (SSSR count). The summed E-state index contributed by atoms with van der Waals surface area (Å²) in [5.41, 5.74) is 2.34. The third kappa shape index (κ3) is 3.51. The number of amides is 1. The van der Waals surface area contributed by atoms with Crippen LogP contribution in [0.4, 0.5) is 0 Å². The van der Waals surface area contributed by atoms with E-state index in [2.05, 4.69) is 31.2 Å². The highest BCUT2D eigenvalue weighted by atomic mass is 16.2. The lowest BCUT2D eigenvalue weighted by molar-refractivity contribution is 0.0905. The Balaban J connectivity index is 2.31. The van der Waals surface area contributed by atoms with Crippen LogP contribution in [0.2, 0.25) is 0 Å². The lowest BCUT2D eigenvalue weighted by Gasteiger charge is -2.27. The normalized spacial score (nSPS) is 13.0. The van der Waals surface area contributed by atoms with Crippen LogP contribution in [0.25, 0.3) is 11.1 Å². The smallest absolute Gasteiger partial charge is 0.272 e. The maximum Gasteiger partial charge on any atom is 0.272 e. The van der Waals surface area contributed by atoms with Crippen LogP contribution in [0.1, 0.15) is 38.2 Å². The predicted molar refractivity (Wildman–Crippen MR) is 85.0 cm³/mol. The van der Waals surface area contributed by atoms with Crippen molar-refractivity contribution in [1.29, 1.82) is 0 Å². The van der Waals surface area contributed by atoms with E-state index in [0.29, 0.717) is 5.69 Å².